The van der Waals surface area contributed by atoms with Crippen molar-refractivity contribution >= 4 is 17.4 Å². The van der Waals surface area contributed by atoms with E-state index in [1.165, 1.54) is 12.2 Å². The van der Waals surface area contributed by atoms with Crippen molar-refractivity contribution in [3.63, 3.8) is 0 Å². The first-order valence-electron chi connectivity index (χ1n) is 2.21. The van der Waals surface area contributed by atoms with E-state index in [4.69, 9.17) is 11.6 Å². The van der Waals surface area contributed by atoms with Gasteiger partial charge in [-0.05, 0) is 13.0 Å². The van der Waals surface area contributed by atoms with Crippen LogP contribution in [0.15, 0.2) is 23.8 Å². The lowest BCUT2D eigenvalue weighted by molar-refractivity contribution is -0.110. The molecule has 2 heteroatoms. The first kappa shape index (κ1) is 7.44. The van der Waals surface area contributed by atoms with Gasteiger partial charge in [0.2, 0.25) is 0 Å². The summed E-state index contributed by atoms with van der Waals surface area (Å²) in [6.45, 7) is 4.95. The van der Waals surface area contributed by atoms with Gasteiger partial charge in [0.15, 0.2) is 5.78 Å². The van der Waals surface area contributed by atoms with Crippen LogP contribution in [0, 0.1) is 0 Å². The molecule has 0 unspecified atom stereocenters. The molecule has 0 aromatic heterocycles. The van der Waals surface area contributed by atoms with E-state index in [0.29, 0.717) is 0 Å². The van der Waals surface area contributed by atoms with Gasteiger partial charge in [-0.2, -0.15) is 0 Å². The summed E-state index contributed by atoms with van der Waals surface area (Å²) >= 11 is 5.36. The molecular weight excluding hydrogens is 124 g/mol. The Morgan fingerprint density at radius 3 is 2.38 bits per heavy atom. The van der Waals surface area contributed by atoms with E-state index < -0.39 is 0 Å². The first-order valence-corrected chi connectivity index (χ1v) is 2.58. The predicted octanol–water partition coefficient (Wildman–Crippen LogP) is 1.88. The summed E-state index contributed by atoms with van der Waals surface area (Å²) < 4.78 is 0. The summed E-state index contributed by atoms with van der Waals surface area (Å²) in [4.78, 5) is 10.4. The van der Waals surface area contributed by atoms with Gasteiger partial charge in [-0.25, -0.2) is 0 Å². The molecule has 0 fully saturated rings. The van der Waals surface area contributed by atoms with Gasteiger partial charge in [0.05, 0.1) is 5.03 Å². The Morgan fingerprint density at radius 1 is 1.75 bits per heavy atom. The summed E-state index contributed by atoms with van der Waals surface area (Å²) in [5, 5.41) is 0.222. The molecule has 0 amide bonds. The molecule has 0 heterocycles. The monoisotopic (exact) mass is 130 g/mol. The van der Waals surface area contributed by atoms with Crippen LogP contribution >= 0.6 is 11.6 Å². The molecule has 1 nitrogen and oxygen atoms in total. The van der Waals surface area contributed by atoms with Gasteiger partial charge in [-0.3, -0.25) is 4.79 Å². The van der Waals surface area contributed by atoms with E-state index in [9.17, 15) is 4.79 Å². The molecular formula is C6H7ClO. The zero-order valence-electron chi connectivity index (χ0n) is 4.65. The van der Waals surface area contributed by atoms with Crippen LogP contribution in [0.3, 0.4) is 0 Å². The molecule has 0 aliphatic rings. The van der Waals surface area contributed by atoms with Crippen LogP contribution in [0.2, 0.25) is 0 Å². The van der Waals surface area contributed by atoms with Crippen LogP contribution < -0.4 is 0 Å². The van der Waals surface area contributed by atoms with E-state index in [-0.39, 0.29) is 10.8 Å². The lowest BCUT2D eigenvalue weighted by atomic mass is 10.3. The second-order valence-corrected chi connectivity index (χ2v) is 1.61. The van der Waals surface area contributed by atoms with E-state index in [1.807, 2.05) is 0 Å². The zero-order valence-corrected chi connectivity index (χ0v) is 5.40. The molecule has 0 aromatic rings. The van der Waals surface area contributed by atoms with Crippen molar-refractivity contribution < 1.29 is 4.79 Å². The third-order valence-electron chi connectivity index (χ3n) is 0.674. The normalized spacial score (nSPS) is 11.0. The fourth-order valence-electron chi connectivity index (χ4n) is 0.240. The molecule has 0 saturated heterocycles. The lowest BCUT2D eigenvalue weighted by Crippen LogP contribution is -1.88. The molecule has 0 spiro atoms. The average molecular weight is 131 g/mol. The van der Waals surface area contributed by atoms with Gasteiger partial charge in [-0.15, -0.1) is 0 Å². The molecule has 44 valence electrons. The molecule has 0 N–H and O–H groups in total. The van der Waals surface area contributed by atoms with Gasteiger partial charge in [0.25, 0.3) is 0 Å². The van der Waals surface area contributed by atoms with Crippen molar-refractivity contribution in [3.05, 3.63) is 23.8 Å². The maximum atomic E-state index is 10.4. The SMILES string of the molecule is C=CC(=O)C(Cl)=CC. The number of hydrogen-bond acceptors (Lipinski definition) is 1. The molecule has 0 bridgehead atoms. The molecule has 0 aromatic carbocycles. The van der Waals surface area contributed by atoms with Gasteiger partial charge in [0.1, 0.15) is 0 Å². The highest BCUT2D eigenvalue weighted by molar-refractivity contribution is 6.44. The van der Waals surface area contributed by atoms with Crippen molar-refractivity contribution in [3.8, 4) is 0 Å². The third kappa shape index (κ3) is 1.94. The van der Waals surface area contributed by atoms with Crippen LogP contribution in [0.4, 0.5) is 0 Å². The van der Waals surface area contributed by atoms with Crippen molar-refractivity contribution in [2.75, 3.05) is 0 Å². The molecule has 0 aliphatic heterocycles. The highest BCUT2D eigenvalue weighted by Crippen LogP contribution is 2.01. The minimum absolute atomic E-state index is 0.222. The summed E-state index contributed by atoms with van der Waals surface area (Å²) in [5.74, 6) is -0.228. The minimum Gasteiger partial charge on any atom is -0.288 e. The Kier molecular flexibility index (Phi) is 3.20. The quantitative estimate of drug-likeness (QED) is 0.522. The molecule has 8 heavy (non-hydrogen) atoms. The van der Waals surface area contributed by atoms with Gasteiger partial charge in [-0.1, -0.05) is 24.3 Å². The molecule has 0 aliphatic carbocycles. The topological polar surface area (TPSA) is 17.1 Å². The summed E-state index contributed by atoms with van der Waals surface area (Å²) in [7, 11) is 0. The van der Waals surface area contributed by atoms with Crippen molar-refractivity contribution in [1.82, 2.24) is 0 Å². The largest absolute Gasteiger partial charge is 0.288 e. The third-order valence-corrected chi connectivity index (χ3v) is 1.08. The smallest absolute Gasteiger partial charge is 0.196 e. The van der Waals surface area contributed by atoms with Crippen molar-refractivity contribution in [2.45, 2.75) is 6.92 Å². The standard InChI is InChI=1S/C6H7ClO/c1-3-5(7)6(8)4-2/h3-4H,2H2,1H3. The lowest BCUT2D eigenvalue weighted by Gasteiger charge is -1.84. The average Bonchev–Trinajstić information content (AvgIpc) is 1.84. The van der Waals surface area contributed by atoms with Crippen molar-refractivity contribution in [1.29, 1.82) is 0 Å². The van der Waals surface area contributed by atoms with Crippen LogP contribution in [0.5, 0.6) is 0 Å². The minimum atomic E-state index is -0.228. The number of hydrogen-bond donors (Lipinski definition) is 0. The molecule has 0 atom stereocenters. The van der Waals surface area contributed by atoms with Crippen molar-refractivity contribution in [2.24, 2.45) is 0 Å². The Morgan fingerprint density at radius 2 is 2.25 bits per heavy atom. The fraction of sp³-hybridized carbons (Fsp3) is 0.167. The number of carbonyl (C=O) groups is 1. The summed E-state index contributed by atoms with van der Waals surface area (Å²) in [6.07, 6.45) is 2.72. The van der Waals surface area contributed by atoms with E-state index >= 15 is 0 Å². The zero-order chi connectivity index (χ0) is 6.57. The number of allylic oxidation sites excluding steroid dienone is 3. The maximum Gasteiger partial charge on any atom is 0.196 e. The second kappa shape index (κ2) is 3.44. The van der Waals surface area contributed by atoms with Gasteiger partial charge < -0.3 is 0 Å². The Hall–Kier alpha value is -0.560. The molecule has 0 saturated carbocycles. The van der Waals surface area contributed by atoms with Gasteiger partial charge in [0, 0.05) is 0 Å². The number of rotatable bonds is 2. The Balaban J connectivity index is 4.03. The predicted molar refractivity (Wildman–Crippen MR) is 34.8 cm³/mol. The number of ketones is 1. The van der Waals surface area contributed by atoms with E-state index in [1.54, 1.807) is 6.92 Å². The Bertz CT molecular complexity index is 135. The number of carbonyl (C=O) groups excluding carboxylic acids is 1. The van der Waals surface area contributed by atoms with Crippen LogP contribution in [-0.2, 0) is 4.79 Å². The first-order chi connectivity index (χ1) is 3.72. The molecule has 0 rings (SSSR count). The summed E-state index contributed by atoms with van der Waals surface area (Å²) in [6, 6.07) is 0. The fourth-order valence-corrected chi connectivity index (χ4v) is 0.317. The van der Waals surface area contributed by atoms with E-state index in [2.05, 4.69) is 6.58 Å². The maximum absolute atomic E-state index is 10.4. The van der Waals surface area contributed by atoms with Crippen LogP contribution in [0.1, 0.15) is 6.92 Å². The molecule has 0 radical (unpaired) electrons. The van der Waals surface area contributed by atoms with Crippen LogP contribution in [-0.4, -0.2) is 5.78 Å². The number of halogens is 1. The summed E-state index contributed by atoms with van der Waals surface area (Å²) in [5.41, 5.74) is 0. The highest BCUT2D eigenvalue weighted by atomic mass is 35.5. The second-order valence-electron chi connectivity index (χ2n) is 1.20. The Labute approximate surface area is 53.6 Å². The van der Waals surface area contributed by atoms with Gasteiger partial charge >= 0.3 is 0 Å². The van der Waals surface area contributed by atoms with E-state index in [0.717, 1.165) is 0 Å². The van der Waals surface area contributed by atoms with Crippen LogP contribution in [0.25, 0.3) is 0 Å². The highest BCUT2D eigenvalue weighted by Gasteiger charge is 1.96.